The van der Waals surface area contributed by atoms with Gasteiger partial charge in [-0.15, -0.1) is 0 Å². The van der Waals surface area contributed by atoms with Crippen molar-refractivity contribution >= 4 is 5.95 Å². The normalized spacial score (nSPS) is 30.8. The van der Waals surface area contributed by atoms with Crippen molar-refractivity contribution < 1.29 is 4.74 Å². The van der Waals surface area contributed by atoms with Gasteiger partial charge in [0.25, 0.3) is 0 Å². The molecular weight excluding hydrogens is 264 g/mol. The first-order valence-corrected chi connectivity index (χ1v) is 8.27. The fraction of sp³-hybridized carbons (Fsp3) is 0.750. The Morgan fingerprint density at radius 2 is 1.76 bits per heavy atom. The molecule has 0 saturated carbocycles. The van der Waals surface area contributed by atoms with E-state index in [9.17, 15) is 0 Å². The van der Waals surface area contributed by atoms with Crippen molar-refractivity contribution in [3.63, 3.8) is 0 Å². The summed E-state index contributed by atoms with van der Waals surface area (Å²) >= 11 is 0. The van der Waals surface area contributed by atoms with E-state index < -0.39 is 0 Å². The van der Waals surface area contributed by atoms with Crippen LogP contribution in [0.25, 0.3) is 0 Å². The summed E-state index contributed by atoms with van der Waals surface area (Å²) in [4.78, 5) is 14.0. The molecule has 4 rings (SSSR count). The SMILES string of the molecule is c1cnc(N2CC[C@H]3[C@H]2CCN3CC2CCOCC2)nc1. The summed E-state index contributed by atoms with van der Waals surface area (Å²) in [5.74, 6) is 1.75. The molecule has 3 aliphatic heterocycles. The number of ether oxygens (including phenoxy) is 1. The van der Waals surface area contributed by atoms with Crippen LogP contribution < -0.4 is 4.90 Å². The highest BCUT2D eigenvalue weighted by Gasteiger charge is 2.43. The van der Waals surface area contributed by atoms with Gasteiger partial charge in [-0.3, -0.25) is 4.90 Å². The van der Waals surface area contributed by atoms with E-state index in [2.05, 4.69) is 19.8 Å². The standard InChI is InChI=1S/C16H24N4O/c1-6-17-16(18-7-1)20-9-3-14-15(20)2-8-19(14)12-13-4-10-21-11-5-13/h1,6-7,13-15H,2-5,8-12H2/t14-,15+/m0/s1. The molecule has 0 bridgehead atoms. The summed E-state index contributed by atoms with van der Waals surface area (Å²) < 4.78 is 5.48. The monoisotopic (exact) mass is 288 g/mol. The number of anilines is 1. The number of hydrogen-bond acceptors (Lipinski definition) is 5. The molecule has 0 amide bonds. The van der Waals surface area contributed by atoms with Crippen molar-refractivity contribution in [2.24, 2.45) is 5.92 Å². The molecule has 3 saturated heterocycles. The van der Waals surface area contributed by atoms with Gasteiger partial charge in [0, 0.05) is 57.3 Å². The Balaban J connectivity index is 1.41. The van der Waals surface area contributed by atoms with Crippen molar-refractivity contribution in [2.45, 2.75) is 37.8 Å². The summed E-state index contributed by atoms with van der Waals surface area (Å²) in [6, 6.07) is 3.22. The number of rotatable bonds is 3. The van der Waals surface area contributed by atoms with Gasteiger partial charge in [0.2, 0.25) is 5.95 Å². The third-order valence-corrected chi connectivity index (χ3v) is 5.33. The lowest BCUT2D eigenvalue weighted by Gasteiger charge is -2.30. The minimum atomic E-state index is 0.618. The van der Waals surface area contributed by atoms with Crippen LogP contribution in [0.15, 0.2) is 18.5 Å². The highest BCUT2D eigenvalue weighted by atomic mass is 16.5. The molecule has 21 heavy (non-hydrogen) atoms. The number of hydrogen-bond donors (Lipinski definition) is 0. The Hall–Kier alpha value is -1.20. The van der Waals surface area contributed by atoms with E-state index in [1.54, 1.807) is 0 Å². The maximum Gasteiger partial charge on any atom is 0.225 e. The fourth-order valence-electron chi connectivity index (χ4n) is 4.25. The zero-order chi connectivity index (χ0) is 14.1. The summed E-state index contributed by atoms with van der Waals surface area (Å²) in [6.07, 6.45) is 8.69. The van der Waals surface area contributed by atoms with Crippen LogP contribution in [0.5, 0.6) is 0 Å². The van der Waals surface area contributed by atoms with Crippen LogP contribution >= 0.6 is 0 Å². The predicted molar refractivity (Wildman–Crippen MR) is 81.3 cm³/mol. The average Bonchev–Trinajstić information content (AvgIpc) is 3.12. The van der Waals surface area contributed by atoms with Crippen molar-refractivity contribution in [2.75, 3.05) is 37.7 Å². The first-order chi connectivity index (χ1) is 10.4. The molecule has 1 aromatic rings. The Labute approximate surface area is 126 Å². The van der Waals surface area contributed by atoms with E-state index in [-0.39, 0.29) is 0 Å². The van der Waals surface area contributed by atoms with E-state index in [4.69, 9.17) is 4.74 Å². The molecule has 0 spiro atoms. The highest BCUT2D eigenvalue weighted by Crippen LogP contribution is 2.34. The maximum atomic E-state index is 5.48. The van der Waals surface area contributed by atoms with Crippen LogP contribution in [0.4, 0.5) is 5.95 Å². The van der Waals surface area contributed by atoms with E-state index in [0.29, 0.717) is 12.1 Å². The third kappa shape index (κ3) is 2.64. The van der Waals surface area contributed by atoms with Gasteiger partial charge in [0.15, 0.2) is 0 Å². The third-order valence-electron chi connectivity index (χ3n) is 5.33. The molecule has 5 nitrogen and oxygen atoms in total. The Kier molecular flexibility index (Phi) is 3.78. The topological polar surface area (TPSA) is 41.5 Å². The molecular formula is C16H24N4O. The summed E-state index contributed by atoms with van der Waals surface area (Å²) in [6.45, 7) is 5.50. The smallest absolute Gasteiger partial charge is 0.225 e. The molecule has 0 aliphatic carbocycles. The van der Waals surface area contributed by atoms with E-state index in [0.717, 1.165) is 31.6 Å². The van der Waals surface area contributed by atoms with E-state index in [1.165, 1.54) is 38.8 Å². The first kappa shape index (κ1) is 13.5. The predicted octanol–water partition coefficient (Wildman–Crippen LogP) is 1.56. The number of nitrogens with zero attached hydrogens (tertiary/aromatic N) is 4. The lowest BCUT2D eigenvalue weighted by atomic mass is 9.99. The van der Waals surface area contributed by atoms with E-state index in [1.807, 2.05) is 18.5 Å². The molecule has 4 heterocycles. The minimum absolute atomic E-state index is 0.618. The Morgan fingerprint density at radius 1 is 1.00 bits per heavy atom. The largest absolute Gasteiger partial charge is 0.381 e. The van der Waals surface area contributed by atoms with Crippen molar-refractivity contribution in [1.29, 1.82) is 0 Å². The molecule has 0 unspecified atom stereocenters. The lowest BCUT2D eigenvalue weighted by molar-refractivity contribution is 0.0508. The fourth-order valence-corrected chi connectivity index (χ4v) is 4.25. The second-order valence-electron chi connectivity index (χ2n) is 6.50. The van der Waals surface area contributed by atoms with Crippen molar-refractivity contribution in [3.05, 3.63) is 18.5 Å². The maximum absolute atomic E-state index is 5.48. The molecule has 0 radical (unpaired) electrons. The molecule has 3 aliphatic rings. The van der Waals surface area contributed by atoms with Crippen LogP contribution in [0.3, 0.4) is 0 Å². The van der Waals surface area contributed by atoms with Gasteiger partial charge >= 0.3 is 0 Å². The van der Waals surface area contributed by atoms with E-state index >= 15 is 0 Å². The van der Waals surface area contributed by atoms with Crippen molar-refractivity contribution in [1.82, 2.24) is 14.9 Å². The van der Waals surface area contributed by atoms with Crippen LogP contribution in [-0.4, -0.2) is 59.8 Å². The second-order valence-corrected chi connectivity index (χ2v) is 6.50. The van der Waals surface area contributed by atoms with Gasteiger partial charge in [0.1, 0.15) is 0 Å². The molecule has 0 aromatic carbocycles. The molecule has 1 aromatic heterocycles. The van der Waals surface area contributed by atoms with Gasteiger partial charge in [0.05, 0.1) is 0 Å². The van der Waals surface area contributed by atoms with Gasteiger partial charge in [-0.2, -0.15) is 0 Å². The molecule has 2 atom stereocenters. The molecule has 114 valence electrons. The molecule has 5 heteroatoms. The van der Waals surface area contributed by atoms with Crippen LogP contribution in [0, 0.1) is 5.92 Å². The zero-order valence-electron chi connectivity index (χ0n) is 12.5. The number of likely N-dealkylation sites (tertiary alicyclic amines) is 1. The Bertz CT molecular complexity index is 463. The summed E-state index contributed by atoms with van der Waals surface area (Å²) in [7, 11) is 0. The molecule has 0 N–H and O–H groups in total. The first-order valence-electron chi connectivity index (χ1n) is 8.27. The summed E-state index contributed by atoms with van der Waals surface area (Å²) in [5, 5.41) is 0. The second kappa shape index (κ2) is 5.89. The Morgan fingerprint density at radius 3 is 2.57 bits per heavy atom. The molecule has 3 fully saturated rings. The lowest BCUT2D eigenvalue weighted by Crippen LogP contribution is -2.40. The highest BCUT2D eigenvalue weighted by molar-refractivity contribution is 5.35. The van der Waals surface area contributed by atoms with Gasteiger partial charge in [-0.1, -0.05) is 0 Å². The van der Waals surface area contributed by atoms with Crippen LogP contribution in [0.2, 0.25) is 0 Å². The van der Waals surface area contributed by atoms with Gasteiger partial charge in [-0.25, -0.2) is 9.97 Å². The number of fused-ring (bicyclic) bond motifs is 1. The summed E-state index contributed by atoms with van der Waals surface area (Å²) in [5.41, 5.74) is 0. The van der Waals surface area contributed by atoms with Crippen molar-refractivity contribution in [3.8, 4) is 0 Å². The average molecular weight is 288 g/mol. The quantitative estimate of drug-likeness (QED) is 0.844. The van der Waals surface area contributed by atoms with Crippen LogP contribution in [-0.2, 0) is 4.74 Å². The van der Waals surface area contributed by atoms with Gasteiger partial charge in [-0.05, 0) is 37.7 Å². The van der Waals surface area contributed by atoms with Crippen LogP contribution in [0.1, 0.15) is 25.7 Å². The number of aromatic nitrogens is 2. The zero-order valence-corrected chi connectivity index (χ0v) is 12.5. The van der Waals surface area contributed by atoms with Gasteiger partial charge < -0.3 is 9.64 Å². The minimum Gasteiger partial charge on any atom is -0.381 e.